The molecule has 0 radical (unpaired) electrons. The summed E-state index contributed by atoms with van der Waals surface area (Å²) in [6, 6.07) is 20.3. The van der Waals surface area contributed by atoms with Crippen LogP contribution in [0.2, 0.25) is 0 Å². The minimum absolute atomic E-state index is 0.0209. The number of carbonyl (C=O) groups is 2. The number of nitrogens with zero attached hydrogens (tertiary/aromatic N) is 2. The van der Waals surface area contributed by atoms with Gasteiger partial charge in [0.15, 0.2) is 6.61 Å². The number of halogens is 1. The van der Waals surface area contributed by atoms with Crippen molar-refractivity contribution in [2.45, 2.75) is 32.4 Å². The molecule has 0 saturated heterocycles. The van der Waals surface area contributed by atoms with Gasteiger partial charge in [0.1, 0.15) is 11.8 Å². The molecule has 3 rings (SSSR count). The van der Waals surface area contributed by atoms with E-state index in [1.165, 1.54) is 30.2 Å². The molecule has 0 aliphatic rings. The van der Waals surface area contributed by atoms with Crippen molar-refractivity contribution in [1.82, 2.24) is 10.2 Å². The Morgan fingerprint density at radius 3 is 2.39 bits per heavy atom. The van der Waals surface area contributed by atoms with E-state index in [4.69, 9.17) is 9.47 Å². The first-order chi connectivity index (χ1) is 18.3. The number of methoxy groups -OCH3 is 1. The van der Waals surface area contributed by atoms with Crippen LogP contribution in [0.3, 0.4) is 0 Å². The molecule has 0 heterocycles. The summed E-state index contributed by atoms with van der Waals surface area (Å²) in [4.78, 5) is 39.1. The average Bonchev–Trinajstić information content (AvgIpc) is 2.93. The van der Waals surface area contributed by atoms with Crippen LogP contribution in [0, 0.1) is 10.1 Å². The van der Waals surface area contributed by atoms with Gasteiger partial charge < -0.3 is 19.7 Å². The van der Waals surface area contributed by atoms with E-state index in [-0.39, 0.29) is 36.2 Å². The number of benzene rings is 3. The lowest BCUT2D eigenvalue weighted by Gasteiger charge is -2.31. The van der Waals surface area contributed by atoms with E-state index in [9.17, 15) is 19.7 Å². The number of nitro groups is 1. The molecule has 0 aliphatic carbocycles. The summed E-state index contributed by atoms with van der Waals surface area (Å²) in [7, 11) is 1.32. The van der Waals surface area contributed by atoms with Crippen molar-refractivity contribution in [1.29, 1.82) is 0 Å². The Bertz CT molecular complexity index is 1240. The molecule has 0 fully saturated rings. The third-order valence-corrected chi connectivity index (χ3v) is 6.33. The standard InChI is InChI=1S/C28H30BrN3O6/c1-3-15-30-28(34)25(16-20-7-5-4-6-8-20)31(18-21-9-11-22(29)12-10-21)27(33)19-38-23-13-14-24(32(35)36)26(17-23)37-2/h4-14,17,25H,3,15-16,18-19H2,1-2H3,(H,30,34). The van der Waals surface area contributed by atoms with Crippen LogP contribution in [0.5, 0.6) is 11.5 Å². The molecule has 0 aliphatic heterocycles. The topological polar surface area (TPSA) is 111 Å². The zero-order valence-corrected chi connectivity index (χ0v) is 22.8. The van der Waals surface area contributed by atoms with E-state index in [1.807, 2.05) is 61.5 Å². The van der Waals surface area contributed by atoms with E-state index in [2.05, 4.69) is 21.2 Å². The van der Waals surface area contributed by atoms with Gasteiger partial charge in [-0.25, -0.2) is 0 Å². The zero-order valence-electron chi connectivity index (χ0n) is 21.3. The molecular weight excluding hydrogens is 554 g/mol. The van der Waals surface area contributed by atoms with Crippen molar-refractivity contribution in [3.63, 3.8) is 0 Å². The fraction of sp³-hybridized carbons (Fsp3) is 0.286. The van der Waals surface area contributed by atoms with E-state index in [1.54, 1.807) is 0 Å². The van der Waals surface area contributed by atoms with Crippen LogP contribution in [0.4, 0.5) is 5.69 Å². The maximum atomic E-state index is 13.6. The Kier molecular flexibility index (Phi) is 10.7. The number of nitro benzene ring substituents is 1. The largest absolute Gasteiger partial charge is 0.490 e. The van der Waals surface area contributed by atoms with Gasteiger partial charge in [0.05, 0.1) is 12.0 Å². The summed E-state index contributed by atoms with van der Waals surface area (Å²) in [5.41, 5.74) is 1.55. The second-order valence-electron chi connectivity index (χ2n) is 8.52. The number of ether oxygens (including phenoxy) is 2. The highest BCUT2D eigenvalue weighted by atomic mass is 79.9. The third-order valence-electron chi connectivity index (χ3n) is 5.80. The number of hydrogen-bond acceptors (Lipinski definition) is 6. The number of hydrogen-bond donors (Lipinski definition) is 1. The van der Waals surface area contributed by atoms with Gasteiger partial charge in [-0.3, -0.25) is 19.7 Å². The molecule has 1 atom stereocenters. The number of carbonyl (C=O) groups excluding carboxylic acids is 2. The van der Waals surface area contributed by atoms with Gasteiger partial charge in [0.2, 0.25) is 11.7 Å². The predicted molar refractivity (Wildman–Crippen MR) is 147 cm³/mol. The fourth-order valence-corrected chi connectivity index (χ4v) is 4.10. The van der Waals surface area contributed by atoms with Crippen LogP contribution >= 0.6 is 15.9 Å². The summed E-state index contributed by atoms with van der Waals surface area (Å²) in [5, 5.41) is 14.1. The van der Waals surface area contributed by atoms with Crippen molar-refractivity contribution < 1.29 is 24.0 Å². The number of amides is 2. The second-order valence-corrected chi connectivity index (χ2v) is 9.44. The first kappa shape index (κ1) is 28.6. The van der Waals surface area contributed by atoms with Gasteiger partial charge in [-0.1, -0.05) is 65.3 Å². The van der Waals surface area contributed by atoms with Gasteiger partial charge in [0.25, 0.3) is 5.91 Å². The SMILES string of the molecule is CCCNC(=O)C(Cc1ccccc1)N(Cc1ccc(Br)cc1)C(=O)COc1ccc([N+](=O)[O-])c(OC)c1. The highest BCUT2D eigenvalue weighted by Crippen LogP contribution is 2.31. The highest BCUT2D eigenvalue weighted by molar-refractivity contribution is 9.10. The number of nitrogens with one attached hydrogen (secondary N) is 1. The second kappa shape index (κ2) is 14.1. The van der Waals surface area contributed by atoms with Crippen molar-refractivity contribution in [2.24, 2.45) is 0 Å². The molecule has 38 heavy (non-hydrogen) atoms. The molecular formula is C28H30BrN3O6. The first-order valence-electron chi connectivity index (χ1n) is 12.1. The average molecular weight is 584 g/mol. The van der Waals surface area contributed by atoms with Gasteiger partial charge in [-0.15, -0.1) is 0 Å². The van der Waals surface area contributed by atoms with Crippen LogP contribution in [0.15, 0.2) is 77.3 Å². The summed E-state index contributed by atoms with van der Waals surface area (Å²) in [6.07, 6.45) is 1.08. The van der Waals surface area contributed by atoms with Crippen molar-refractivity contribution >= 4 is 33.4 Å². The lowest BCUT2D eigenvalue weighted by molar-refractivity contribution is -0.385. The minimum atomic E-state index is -0.782. The molecule has 200 valence electrons. The lowest BCUT2D eigenvalue weighted by Crippen LogP contribution is -2.51. The zero-order chi connectivity index (χ0) is 27.5. The van der Waals surface area contributed by atoms with Crippen molar-refractivity contribution in [3.8, 4) is 11.5 Å². The molecule has 0 saturated carbocycles. The Labute approximate surface area is 230 Å². The maximum absolute atomic E-state index is 13.6. The molecule has 1 unspecified atom stereocenters. The molecule has 0 spiro atoms. The molecule has 3 aromatic carbocycles. The first-order valence-corrected chi connectivity index (χ1v) is 12.9. The van der Waals surface area contributed by atoms with Gasteiger partial charge in [0, 0.05) is 36.1 Å². The van der Waals surface area contributed by atoms with Crippen LogP contribution in [0.25, 0.3) is 0 Å². The van der Waals surface area contributed by atoms with E-state index >= 15 is 0 Å². The van der Waals surface area contributed by atoms with E-state index in [0.717, 1.165) is 22.0 Å². The van der Waals surface area contributed by atoms with Gasteiger partial charge >= 0.3 is 5.69 Å². The molecule has 2 amide bonds. The maximum Gasteiger partial charge on any atom is 0.311 e. The van der Waals surface area contributed by atoms with Crippen LogP contribution in [0.1, 0.15) is 24.5 Å². The van der Waals surface area contributed by atoms with Crippen LogP contribution in [-0.2, 0) is 22.6 Å². The molecule has 0 aromatic heterocycles. The van der Waals surface area contributed by atoms with Crippen LogP contribution in [-0.4, -0.2) is 47.9 Å². The normalized spacial score (nSPS) is 11.3. The Balaban J connectivity index is 1.89. The summed E-state index contributed by atoms with van der Waals surface area (Å²) in [6.45, 7) is 2.27. The summed E-state index contributed by atoms with van der Waals surface area (Å²) < 4.78 is 11.7. The molecule has 3 aromatic rings. The summed E-state index contributed by atoms with van der Waals surface area (Å²) >= 11 is 3.42. The quantitative estimate of drug-likeness (QED) is 0.226. The van der Waals surface area contributed by atoms with Crippen molar-refractivity contribution in [3.05, 3.63) is 98.5 Å². The fourth-order valence-electron chi connectivity index (χ4n) is 3.83. The molecule has 10 heteroatoms. The predicted octanol–water partition coefficient (Wildman–Crippen LogP) is 4.91. The van der Waals surface area contributed by atoms with Crippen LogP contribution < -0.4 is 14.8 Å². The van der Waals surface area contributed by atoms with E-state index < -0.39 is 16.9 Å². The summed E-state index contributed by atoms with van der Waals surface area (Å²) in [5.74, 6) is -0.400. The Morgan fingerprint density at radius 2 is 1.76 bits per heavy atom. The van der Waals surface area contributed by atoms with Gasteiger partial charge in [-0.05, 0) is 35.7 Å². The minimum Gasteiger partial charge on any atom is -0.490 e. The highest BCUT2D eigenvalue weighted by Gasteiger charge is 2.30. The van der Waals surface area contributed by atoms with Crippen molar-refractivity contribution in [2.75, 3.05) is 20.3 Å². The van der Waals surface area contributed by atoms with E-state index in [0.29, 0.717) is 13.0 Å². The number of rotatable bonds is 13. The van der Waals surface area contributed by atoms with Gasteiger partial charge in [-0.2, -0.15) is 0 Å². The molecule has 9 nitrogen and oxygen atoms in total. The lowest BCUT2D eigenvalue weighted by atomic mass is 10.0. The monoisotopic (exact) mass is 583 g/mol. The Morgan fingerprint density at radius 1 is 1.05 bits per heavy atom. The Hall–Kier alpha value is -3.92. The molecule has 0 bridgehead atoms. The third kappa shape index (κ3) is 8.04. The smallest absolute Gasteiger partial charge is 0.311 e. The molecule has 1 N–H and O–H groups in total.